The Morgan fingerprint density at radius 3 is 2.67 bits per heavy atom. The number of amides is 1. The van der Waals surface area contributed by atoms with E-state index in [-0.39, 0.29) is 18.4 Å². The summed E-state index contributed by atoms with van der Waals surface area (Å²) in [5, 5.41) is 2.91. The van der Waals surface area contributed by atoms with Crippen molar-refractivity contribution in [2.24, 2.45) is 0 Å². The Kier molecular flexibility index (Phi) is 3.77. The normalized spacial score (nSPS) is 16.3. The molecule has 1 heterocycles. The van der Waals surface area contributed by atoms with Gasteiger partial charge >= 0.3 is 0 Å². The molecule has 1 N–H and O–H groups in total. The first-order valence-corrected chi connectivity index (χ1v) is 6.96. The lowest BCUT2D eigenvalue weighted by molar-refractivity contribution is -0.118. The molecule has 3 rings (SSSR count). The lowest BCUT2D eigenvalue weighted by Crippen LogP contribution is -2.33. The zero-order chi connectivity index (χ0) is 14.7. The largest absolute Gasteiger partial charge is 0.486 e. The summed E-state index contributed by atoms with van der Waals surface area (Å²) >= 11 is 0. The van der Waals surface area contributed by atoms with Gasteiger partial charge in [0.05, 0.1) is 6.42 Å². The van der Waals surface area contributed by atoms with Gasteiger partial charge in [-0.05, 0) is 30.7 Å². The molecule has 4 nitrogen and oxygen atoms in total. The quantitative estimate of drug-likeness (QED) is 0.941. The Morgan fingerprint density at radius 2 is 1.86 bits per heavy atom. The van der Waals surface area contributed by atoms with Crippen molar-refractivity contribution in [2.75, 3.05) is 11.9 Å². The van der Waals surface area contributed by atoms with E-state index in [1.165, 1.54) is 0 Å². The molecule has 0 spiro atoms. The molecule has 108 valence electrons. The highest BCUT2D eigenvalue weighted by Crippen LogP contribution is 2.31. The number of hydrogen-bond donors (Lipinski definition) is 1. The molecule has 1 aliphatic rings. The summed E-state index contributed by atoms with van der Waals surface area (Å²) in [5.41, 5.74) is 1.87. The van der Waals surface area contributed by atoms with Crippen LogP contribution in [0.5, 0.6) is 11.5 Å². The van der Waals surface area contributed by atoms with Gasteiger partial charge in [-0.1, -0.05) is 30.3 Å². The molecule has 1 unspecified atom stereocenters. The lowest BCUT2D eigenvalue weighted by Gasteiger charge is -2.26. The summed E-state index contributed by atoms with van der Waals surface area (Å²) in [6.45, 7) is 2.35. The topological polar surface area (TPSA) is 47.6 Å². The van der Waals surface area contributed by atoms with E-state index in [9.17, 15) is 4.79 Å². The average Bonchev–Trinajstić information content (AvgIpc) is 2.49. The van der Waals surface area contributed by atoms with Crippen molar-refractivity contribution >= 4 is 11.6 Å². The highest BCUT2D eigenvalue weighted by atomic mass is 16.6. The monoisotopic (exact) mass is 283 g/mol. The minimum absolute atomic E-state index is 0.0720. The smallest absolute Gasteiger partial charge is 0.228 e. The minimum Gasteiger partial charge on any atom is -0.486 e. The number of rotatable bonds is 3. The molecule has 1 aliphatic heterocycles. The minimum atomic E-state index is -0.260. The maximum absolute atomic E-state index is 12.1. The van der Waals surface area contributed by atoms with Crippen LogP contribution in [0.1, 0.15) is 12.0 Å². The van der Waals surface area contributed by atoms with Gasteiger partial charge in [0.2, 0.25) is 5.91 Å². The lowest BCUT2D eigenvalue weighted by atomic mass is 10.2. The Bertz CT molecular complexity index is 654. The molecule has 2 aromatic carbocycles. The van der Waals surface area contributed by atoms with Gasteiger partial charge in [0.25, 0.3) is 0 Å². The molecule has 1 atom stereocenters. The fraction of sp³-hybridized carbons (Fsp3) is 0.235. The fourth-order valence-electron chi connectivity index (χ4n) is 2.28. The van der Waals surface area contributed by atoms with Crippen LogP contribution in [-0.2, 0) is 4.79 Å². The van der Waals surface area contributed by atoms with E-state index in [0.29, 0.717) is 12.4 Å². The van der Waals surface area contributed by atoms with Crippen molar-refractivity contribution in [1.29, 1.82) is 0 Å². The van der Waals surface area contributed by atoms with E-state index in [1.807, 2.05) is 55.5 Å². The summed E-state index contributed by atoms with van der Waals surface area (Å²) in [5.74, 6) is 1.35. The van der Waals surface area contributed by atoms with Crippen LogP contribution < -0.4 is 14.8 Å². The molecule has 0 aromatic heterocycles. The molecule has 21 heavy (non-hydrogen) atoms. The molecule has 0 bridgehead atoms. The first-order chi connectivity index (χ1) is 10.2. The summed E-state index contributed by atoms with van der Waals surface area (Å²) in [6, 6.07) is 15.2. The van der Waals surface area contributed by atoms with Crippen molar-refractivity contribution in [3.63, 3.8) is 0 Å². The highest BCUT2D eigenvalue weighted by molar-refractivity contribution is 5.91. The van der Waals surface area contributed by atoms with Crippen molar-refractivity contribution in [3.05, 3.63) is 54.1 Å². The highest BCUT2D eigenvalue weighted by Gasteiger charge is 2.23. The number of para-hydroxylation sites is 3. The zero-order valence-corrected chi connectivity index (χ0v) is 11.8. The first-order valence-electron chi connectivity index (χ1n) is 6.96. The van der Waals surface area contributed by atoms with E-state index in [0.717, 1.165) is 17.0 Å². The maximum atomic E-state index is 12.1. The molecule has 0 radical (unpaired) electrons. The van der Waals surface area contributed by atoms with E-state index < -0.39 is 0 Å². The van der Waals surface area contributed by atoms with Crippen LogP contribution in [0.15, 0.2) is 48.5 Å². The second kappa shape index (κ2) is 5.87. The molecule has 4 heteroatoms. The van der Waals surface area contributed by atoms with Crippen molar-refractivity contribution in [1.82, 2.24) is 0 Å². The first kappa shape index (κ1) is 13.5. The summed E-state index contributed by atoms with van der Waals surface area (Å²) in [4.78, 5) is 12.1. The maximum Gasteiger partial charge on any atom is 0.228 e. The van der Waals surface area contributed by atoms with Gasteiger partial charge in [-0.15, -0.1) is 0 Å². The number of hydrogen-bond acceptors (Lipinski definition) is 3. The van der Waals surface area contributed by atoms with E-state index >= 15 is 0 Å². The zero-order valence-electron chi connectivity index (χ0n) is 11.8. The third-order valence-electron chi connectivity index (χ3n) is 3.40. The predicted molar refractivity (Wildman–Crippen MR) is 80.8 cm³/mol. The number of carbonyl (C=O) groups excluding carboxylic acids is 1. The summed E-state index contributed by atoms with van der Waals surface area (Å²) in [7, 11) is 0. The van der Waals surface area contributed by atoms with Gasteiger partial charge < -0.3 is 14.8 Å². The van der Waals surface area contributed by atoms with E-state index in [1.54, 1.807) is 0 Å². The van der Waals surface area contributed by atoms with Crippen molar-refractivity contribution < 1.29 is 14.3 Å². The number of ether oxygens (including phenoxy) is 2. The van der Waals surface area contributed by atoms with Gasteiger partial charge in [0.1, 0.15) is 12.7 Å². The third kappa shape index (κ3) is 3.16. The van der Waals surface area contributed by atoms with Crippen LogP contribution in [0.25, 0.3) is 0 Å². The Morgan fingerprint density at radius 1 is 1.14 bits per heavy atom. The van der Waals surface area contributed by atoms with Crippen LogP contribution in [0.2, 0.25) is 0 Å². The molecule has 0 saturated carbocycles. The van der Waals surface area contributed by atoms with Crippen LogP contribution >= 0.6 is 0 Å². The van der Waals surface area contributed by atoms with Gasteiger partial charge in [-0.2, -0.15) is 0 Å². The molecule has 0 aliphatic carbocycles. The number of anilines is 1. The Balaban J connectivity index is 1.60. The predicted octanol–water partition coefficient (Wildman–Crippen LogP) is 3.16. The second-order valence-corrected chi connectivity index (χ2v) is 5.06. The van der Waals surface area contributed by atoms with Crippen LogP contribution in [0, 0.1) is 6.92 Å². The Labute approximate surface area is 123 Å². The fourth-order valence-corrected chi connectivity index (χ4v) is 2.28. The van der Waals surface area contributed by atoms with Gasteiger partial charge in [0, 0.05) is 5.69 Å². The van der Waals surface area contributed by atoms with Gasteiger partial charge in [-0.3, -0.25) is 4.79 Å². The summed E-state index contributed by atoms with van der Waals surface area (Å²) in [6.07, 6.45) is 0.00628. The van der Waals surface area contributed by atoms with Crippen molar-refractivity contribution in [2.45, 2.75) is 19.4 Å². The molecular weight excluding hydrogens is 266 g/mol. The number of fused-ring (bicyclic) bond motifs is 1. The molecule has 0 saturated heterocycles. The van der Waals surface area contributed by atoms with Crippen LogP contribution in [-0.4, -0.2) is 18.6 Å². The van der Waals surface area contributed by atoms with E-state index in [2.05, 4.69) is 5.32 Å². The molecule has 2 aromatic rings. The number of carbonyl (C=O) groups is 1. The molecular formula is C17H17NO3. The van der Waals surface area contributed by atoms with E-state index in [4.69, 9.17) is 9.47 Å². The Hall–Kier alpha value is -2.49. The number of nitrogens with one attached hydrogen (secondary N) is 1. The number of benzene rings is 2. The molecule has 0 fully saturated rings. The van der Waals surface area contributed by atoms with Gasteiger partial charge in [0.15, 0.2) is 11.5 Å². The average molecular weight is 283 g/mol. The molecule has 1 amide bonds. The third-order valence-corrected chi connectivity index (χ3v) is 3.40. The second-order valence-electron chi connectivity index (χ2n) is 5.06. The van der Waals surface area contributed by atoms with Crippen molar-refractivity contribution in [3.8, 4) is 11.5 Å². The van der Waals surface area contributed by atoms with Gasteiger partial charge in [-0.25, -0.2) is 0 Å². The standard InChI is InChI=1S/C17H17NO3/c1-12-6-2-3-7-14(12)18-17(19)10-13-11-20-15-8-4-5-9-16(15)21-13/h2-9,13H,10-11H2,1H3,(H,18,19). The SMILES string of the molecule is Cc1ccccc1NC(=O)CC1COc2ccccc2O1. The van der Waals surface area contributed by atoms with Crippen LogP contribution in [0.4, 0.5) is 5.69 Å². The summed E-state index contributed by atoms with van der Waals surface area (Å²) < 4.78 is 11.4. The van der Waals surface area contributed by atoms with Crippen LogP contribution in [0.3, 0.4) is 0 Å². The number of aryl methyl sites for hydroxylation is 1.